The minimum atomic E-state index is -0.143. The molecule has 1 saturated heterocycles. The molecule has 2 fully saturated rings. The van der Waals surface area contributed by atoms with Gasteiger partial charge in [-0.15, -0.1) is 6.42 Å². The van der Waals surface area contributed by atoms with E-state index in [9.17, 15) is 4.79 Å². The highest BCUT2D eigenvalue weighted by molar-refractivity contribution is 5.74. The lowest BCUT2D eigenvalue weighted by atomic mass is 10.1. The SMILES string of the molecule is C#CCN(C[C@@H]1CCCO1)C(=O)NCc1cccc(COC2CCCC2)c1. The molecule has 1 heterocycles. The second kappa shape index (κ2) is 10.3. The van der Waals surface area contributed by atoms with E-state index >= 15 is 0 Å². The Morgan fingerprint density at radius 1 is 1.26 bits per heavy atom. The quantitative estimate of drug-likeness (QED) is 0.713. The summed E-state index contributed by atoms with van der Waals surface area (Å²) in [5, 5.41) is 2.98. The third kappa shape index (κ3) is 6.27. The van der Waals surface area contributed by atoms with Crippen molar-refractivity contribution >= 4 is 6.03 Å². The van der Waals surface area contributed by atoms with E-state index in [1.165, 1.54) is 25.7 Å². The zero-order valence-electron chi connectivity index (χ0n) is 16.0. The number of benzene rings is 1. The second-order valence-electron chi connectivity index (χ2n) is 7.42. The van der Waals surface area contributed by atoms with Gasteiger partial charge in [-0.1, -0.05) is 43.0 Å². The van der Waals surface area contributed by atoms with Crippen LogP contribution < -0.4 is 5.32 Å². The summed E-state index contributed by atoms with van der Waals surface area (Å²) in [5.41, 5.74) is 2.21. The zero-order chi connectivity index (χ0) is 18.9. The minimum absolute atomic E-state index is 0.0974. The molecule has 3 rings (SSSR count). The van der Waals surface area contributed by atoms with Crippen LogP contribution >= 0.6 is 0 Å². The number of carbonyl (C=O) groups is 1. The first-order valence-corrected chi connectivity index (χ1v) is 10.0. The Morgan fingerprint density at radius 3 is 2.81 bits per heavy atom. The number of amides is 2. The fourth-order valence-corrected chi connectivity index (χ4v) is 3.75. The van der Waals surface area contributed by atoms with Crippen LogP contribution in [0.25, 0.3) is 0 Å². The van der Waals surface area contributed by atoms with E-state index in [-0.39, 0.29) is 12.1 Å². The topological polar surface area (TPSA) is 50.8 Å². The van der Waals surface area contributed by atoms with Crippen LogP contribution in [0, 0.1) is 12.3 Å². The number of carbonyl (C=O) groups excluding carboxylic acids is 1. The molecule has 1 aromatic rings. The fourth-order valence-electron chi connectivity index (χ4n) is 3.75. The number of hydrogen-bond acceptors (Lipinski definition) is 3. The number of nitrogens with one attached hydrogen (secondary N) is 1. The van der Waals surface area contributed by atoms with Crippen molar-refractivity contribution in [3.63, 3.8) is 0 Å². The van der Waals surface area contributed by atoms with E-state index in [1.807, 2.05) is 12.1 Å². The molecule has 0 unspecified atom stereocenters. The molecule has 0 bridgehead atoms. The number of ether oxygens (including phenoxy) is 2. The van der Waals surface area contributed by atoms with Crippen LogP contribution in [0.1, 0.15) is 49.7 Å². The van der Waals surface area contributed by atoms with Crippen molar-refractivity contribution in [3.8, 4) is 12.3 Å². The van der Waals surface area contributed by atoms with Gasteiger partial charge in [-0.25, -0.2) is 4.79 Å². The van der Waals surface area contributed by atoms with Gasteiger partial charge in [0.15, 0.2) is 0 Å². The lowest BCUT2D eigenvalue weighted by molar-refractivity contribution is 0.0456. The number of terminal acetylenes is 1. The number of rotatable bonds is 8. The van der Waals surface area contributed by atoms with Crippen molar-refractivity contribution in [2.75, 3.05) is 19.7 Å². The van der Waals surface area contributed by atoms with Gasteiger partial charge >= 0.3 is 6.03 Å². The maximum absolute atomic E-state index is 12.5. The van der Waals surface area contributed by atoms with Gasteiger partial charge in [0.05, 0.1) is 25.4 Å². The van der Waals surface area contributed by atoms with Gasteiger partial charge in [-0.3, -0.25) is 0 Å². The monoisotopic (exact) mass is 370 g/mol. The lowest BCUT2D eigenvalue weighted by Gasteiger charge is -2.23. The van der Waals surface area contributed by atoms with Gasteiger partial charge in [0.1, 0.15) is 0 Å². The molecular weight excluding hydrogens is 340 g/mol. The van der Waals surface area contributed by atoms with E-state index in [4.69, 9.17) is 15.9 Å². The first-order valence-electron chi connectivity index (χ1n) is 10.0. The molecule has 1 N–H and O–H groups in total. The molecular formula is C22H30N2O3. The molecule has 2 aliphatic rings. The van der Waals surface area contributed by atoms with Crippen molar-refractivity contribution in [2.24, 2.45) is 0 Å². The molecule has 27 heavy (non-hydrogen) atoms. The average molecular weight is 370 g/mol. The van der Waals surface area contributed by atoms with Crippen LogP contribution in [0.5, 0.6) is 0 Å². The summed E-state index contributed by atoms with van der Waals surface area (Å²) in [6, 6.07) is 8.06. The van der Waals surface area contributed by atoms with Gasteiger partial charge < -0.3 is 19.7 Å². The third-order valence-corrected chi connectivity index (χ3v) is 5.24. The van der Waals surface area contributed by atoms with Crippen molar-refractivity contribution in [1.82, 2.24) is 10.2 Å². The van der Waals surface area contributed by atoms with E-state index in [0.717, 1.165) is 30.6 Å². The fraction of sp³-hybridized carbons (Fsp3) is 0.591. The Kier molecular flexibility index (Phi) is 7.55. The highest BCUT2D eigenvalue weighted by Gasteiger charge is 2.22. The molecule has 1 saturated carbocycles. The van der Waals surface area contributed by atoms with Crippen LogP contribution in [0.3, 0.4) is 0 Å². The second-order valence-corrected chi connectivity index (χ2v) is 7.42. The van der Waals surface area contributed by atoms with E-state index in [0.29, 0.717) is 32.3 Å². The highest BCUT2D eigenvalue weighted by Crippen LogP contribution is 2.22. The Labute approximate surface area is 162 Å². The normalized spacial score (nSPS) is 19.7. The molecule has 1 aromatic carbocycles. The largest absolute Gasteiger partial charge is 0.376 e. The lowest BCUT2D eigenvalue weighted by Crippen LogP contribution is -2.43. The van der Waals surface area contributed by atoms with Crippen LogP contribution in [0.4, 0.5) is 4.79 Å². The maximum Gasteiger partial charge on any atom is 0.318 e. The molecule has 0 aromatic heterocycles. The van der Waals surface area contributed by atoms with Gasteiger partial charge in [0.25, 0.3) is 0 Å². The van der Waals surface area contributed by atoms with Gasteiger partial charge in [0, 0.05) is 19.7 Å². The molecule has 1 aliphatic heterocycles. The number of nitrogens with zero attached hydrogens (tertiary/aromatic N) is 1. The number of hydrogen-bond donors (Lipinski definition) is 1. The van der Waals surface area contributed by atoms with Gasteiger partial charge in [-0.05, 0) is 36.8 Å². The highest BCUT2D eigenvalue weighted by atomic mass is 16.5. The molecule has 146 valence electrons. The standard InChI is InChI=1S/C22H30N2O3/c1-2-12-24(16-21-11-6-13-26-21)22(25)23-15-18-7-5-8-19(14-18)17-27-20-9-3-4-10-20/h1,5,7-8,14,20-21H,3-4,6,9-13,15-17H2,(H,23,25)/t21-/m0/s1. The van der Waals surface area contributed by atoms with Crippen LogP contribution in [-0.4, -0.2) is 42.8 Å². The third-order valence-electron chi connectivity index (χ3n) is 5.24. The summed E-state index contributed by atoms with van der Waals surface area (Å²) in [5.74, 6) is 2.57. The number of urea groups is 1. The Morgan fingerprint density at radius 2 is 2.07 bits per heavy atom. The molecule has 2 amide bonds. The maximum atomic E-state index is 12.5. The predicted molar refractivity (Wildman–Crippen MR) is 105 cm³/mol. The molecule has 5 heteroatoms. The zero-order valence-corrected chi connectivity index (χ0v) is 16.0. The summed E-state index contributed by atoms with van der Waals surface area (Å²) in [6.45, 7) is 2.72. The van der Waals surface area contributed by atoms with E-state index < -0.39 is 0 Å². The van der Waals surface area contributed by atoms with Crippen molar-refractivity contribution in [1.29, 1.82) is 0 Å². The Bertz CT molecular complexity index is 643. The van der Waals surface area contributed by atoms with Crippen molar-refractivity contribution in [2.45, 2.75) is 63.9 Å². The molecule has 1 aliphatic carbocycles. The predicted octanol–water partition coefficient (Wildman–Crippen LogP) is 3.47. The van der Waals surface area contributed by atoms with Crippen molar-refractivity contribution < 1.29 is 14.3 Å². The molecule has 0 spiro atoms. The van der Waals surface area contributed by atoms with Crippen LogP contribution in [0.15, 0.2) is 24.3 Å². The summed E-state index contributed by atoms with van der Waals surface area (Å²) in [7, 11) is 0. The molecule has 1 atom stereocenters. The minimum Gasteiger partial charge on any atom is -0.376 e. The molecule has 0 radical (unpaired) electrons. The Hall–Kier alpha value is -2.03. The van der Waals surface area contributed by atoms with Crippen molar-refractivity contribution in [3.05, 3.63) is 35.4 Å². The smallest absolute Gasteiger partial charge is 0.318 e. The Balaban J connectivity index is 1.47. The summed E-state index contributed by atoms with van der Waals surface area (Å²) in [4.78, 5) is 14.2. The van der Waals surface area contributed by atoms with Crippen LogP contribution in [0.2, 0.25) is 0 Å². The first-order chi connectivity index (χ1) is 13.2. The van der Waals surface area contributed by atoms with Gasteiger partial charge in [0.2, 0.25) is 0 Å². The van der Waals surface area contributed by atoms with Crippen LogP contribution in [-0.2, 0) is 22.6 Å². The van der Waals surface area contributed by atoms with E-state index in [2.05, 4.69) is 23.4 Å². The van der Waals surface area contributed by atoms with Gasteiger partial charge in [-0.2, -0.15) is 0 Å². The first kappa shape index (κ1) is 19.7. The average Bonchev–Trinajstić information content (AvgIpc) is 3.38. The summed E-state index contributed by atoms with van der Waals surface area (Å²) < 4.78 is 11.6. The van der Waals surface area contributed by atoms with E-state index in [1.54, 1.807) is 4.90 Å². The molecule has 5 nitrogen and oxygen atoms in total. The summed E-state index contributed by atoms with van der Waals surface area (Å²) in [6.07, 6.45) is 12.9. The summed E-state index contributed by atoms with van der Waals surface area (Å²) >= 11 is 0.